The summed E-state index contributed by atoms with van der Waals surface area (Å²) in [6, 6.07) is 14.4. The van der Waals surface area contributed by atoms with E-state index in [9.17, 15) is 22.8 Å². The Bertz CT molecular complexity index is 1190. The standard InChI is InChI=1S/C22H24N4O6S/c1-15(21(28)23-16-8-7-11-18(14-16)33(30,31)25(2)3)32-22(29)19-12-13-20(27)26(24-19)17-9-5-4-6-10-17/h4-11,14-15H,12-13H2,1-3H3,(H,23,28)/t15-/m1/s1. The fourth-order valence-electron chi connectivity index (χ4n) is 2.94. The van der Waals surface area contributed by atoms with E-state index in [0.717, 1.165) is 9.31 Å². The van der Waals surface area contributed by atoms with Crippen molar-refractivity contribution in [1.29, 1.82) is 0 Å². The average molecular weight is 473 g/mol. The number of nitrogens with one attached hydrogen (secondary N) is 1. The van der Waals surface area contributed by atoms with Crippen molar-refractivity contribution in [1.82, 2.24) is 4.31 Å². The van der Waals surface area contributed by atoms with Crippen molar-refractivity contribution in [3.8, 4) is 0 Å². The van der Waals surface area contributed by atoms with E-state index in [1.165, 1.54) is 45.3 Å². The number of carbonyl (C=O) groups is 3. The van der Waals surface area contributed by atoms with Crippen molar-refractivity contribution < 1.29 is 27.5 Å². The van der Waals surface area contributed by atoms with Gasteiger partial charge in [-0.1, -0.05) is 24.3 Å². The molecule has 0 saturated carbocycles. The maximum absolute atomic E-state index is 12.6. The minimum atomic E-state index is -3.67. The number of ether oxygens (including phenoxy) is 1. The van der Waals surface area contributed by atoms with E-state index in [0.29, 0.717) is 5.69 Å². The second-order valence-electron chi connectivity index (χ2n) is 7.44. The summed E-state index contributed by atoms with van der Waals surface area (Å²) >= 11 is 0. The Morgan fingerprint density at radius 3 is 2.45 bits per heavy atom. The highest BCUT2D eigenvalue weighted by Crippen LogP contribution is 2.21. The SMILES string of the molecule is C[C@@H](OC(=O)C1=NN(c2ccccc2)C(=O)CC1)C(=O)Nc1cccc(S(=O)(=O)N(C)C)c1. The average Bonchev–Trinajstić information content (AvgIpc) is 2.79. The minimum Gasteiger partial charge on any atom is -0.448 e. The highest BCUT2D eigenvalue weighted by atomic mass is 32.2. The maximum atomic E-state index is 12.6. The third kappa shape index (κ3) is 5.62. The first-order valence-electron chi connectivity index (χ1n) is 10.1. The molecule has 1 N–H and O–H groups in total. The lowest BCUT2D eigenvalue weighted by Gasteiger charge is -2.23. The van der Waals surface area contributed by atoms with E-state index >= 15 is 0 Å². The molecular weight excluding hydrogens is 448 g/mol. The molecule has 3 rings (SSSR count). The molecule has 10 nitrogen and oxygen atoms in total. The van der Waals surface area contributed by atoms with Gasteiger partial charge in [-0.3, -0.25) is 9.59 Å². The number of carbonyl (C=O) groups excluding carboxylic acids is 3. The van der Waals surface area contributed by atoms with Gasteiger partial charge in [0.2, 0.25) is 15.9 Å². The first kappa shape index (κ1) is 24.1. The Morgan fingerprint density at radius 2 is 1.79 bits per heavy atom. The molecule has 0 fully saturated rings. The van der Waals surface area contributed by atoms with Gasteiger partial charge in [-0.15, -0.1) is 0 Å². The van der Waals surface area contributed by atoms with E-state index in [4.69, 9.17) is 4.74 Å². The molecule has 0 aromatic heterocycles. The van der Waals surface area contributed by atoms with Gasteiger partial charge in [0.15, 0.2) is 6.10 Å². The van der Waals surface area contributed by atoms with Gasteiger partial charge in [-0.2, -0.15) is 5.10 Å². The Hall–Kier alpha value is -3.57. The van der Waals surface area contributed by atoms with E-state index in [1.54, 1.807) is 30.3 Å². The molecule has 0 unspecified atom stereocenters. The van der Waals surface area contributed by atoms with E-state index in [-0.39, 0.29) is 35.0 Å². The van der Waals surface area contributed by atoms with Crippen molar-refractivity contribution in [2.45, 2.75) is 30.8 Å². The summed E-state index contributed by atoms with van der Waals surface area (Å²) in [6.07, 6.45) is -1.01. The first-order chi connectivity index (χ1) is 15.6. The molecule has 2 aromatic carbocycles. The number of nitrogens with zero attached hydrogens (tertiary/aromatic N) is 3. The number of hydrazone groups is 1. The Balaban J connectivity index is 1.68. The van der Waals surface area contributed by atoms with Crippen LogP contribution in [-0.4, -0.2) is 56.4 Å². The number of esters is 1. The van der Waals surface area contributed by atoms with Crippen LogP contribution in [0, 0.1) is 0 Å². The third-order valence-corrected chi connectivity index (χ3v) is 6.61. The predicted octanol–water partition coefficient (Wildman–Crippen LogP) is 1.99. The van der Waals surface area contributed by atoms with E-state index in [1.807, 2.05) is 0 Å². The number of hydrogen-bond acceptors (Lipinski definition) is 7. The normalized spacial score (nSPS) is 15.1. The van der Waals surface area contributed by atoms with Crippen molar-refractivity contribution in [2.75, 3.05) is 24.4 Å². The topological polar surface area (TPSA) is 125 Å². The fourth-order valence-corrected chi connectivity index (χ4v) is 3.89. The van der Waals surface area contributed by atoms with Crippen LogP contribution in [0.15, 0.2) is 64.6 Å². The lowest BCUT2D eigenvalue weighted by molar-refractivity contribution is -0.146. The molecule has 1 heterocycles. The zero-order valence-corrected chi connectivity index (χ0v) is 19.2. The number of rotatable bonds is 7. The zero-order chi connectivity index (χ0) is 24.2. The molecule has 0 bridgehead atoms. The van der Waals surface area contributed by atoms with E-state index in [2.05, 4.69) is 10.4 Å². The molecule has 0 aliphatic carbocycles. The van der Waals surface area contributed by atoms with Gasteiger partial charge in [-0.05, 0) is 37.3 Å². The van der Waals surface area contributed by atoms with Crippen LogP contribution in [0.4, 0.5) is 11.4 Å². The quantitative estimate of drug-likeness (QED) is 0.615. The van der Waals surface area contributed by atoms with Crippen molar-refractivity contribution in [3.63, 3.8) is 0 Å². The molecule has 1 aliphatic heterocycles. The highest BCUT2D eigenvalue weighted by molar-refractivity contribution is 7.89. The molecule has 1 aliphatic rings. The van der Waals surface area contributed by atoms with Crippen LogP contribution in [-0.2, 0) is 29.1 Å². The van der Waals surface area contributed by atoms with Crippen molar-refractivity contribution in [2.24, 2.45) is 5.10 Å². The molecule has 11 heteroatoms. The summed E-state index contributed by atoms with van der Waals surface area (Å²) < 4.78 is 30.9. The van der Waals surface area contributed by atoms with Crippen molar-refractivity contribution >= 4 is 44.9 Å². The summed E-state index contributed by atoms with van der Waals surface area (Å²) in [7, 11) is -0.862. The first-order valence-corrected chi connectivity index (χ1v) is 11.5. The largest absolute Gasteiger partial charge is 0.448 e. The van der Waals surface area contributed by atoms with Gasteiger partial charge < -0.3 is 10.1 Å². The van der Waals surface area contributed by atoms with Gasteiger partial charge in [0.05, 0.1) is 10.6 Å². The summed E-state index contributed by atoms with van der Waals surface area (Å²) in [5.41, 5.74) is 0.782. The van der Waals surface area contributed by atoms with Crippen LogP contribution in [0.3, 0.4) is 0 Å². The van der Waals surface area contributed by atoms with Gasteiger partial charge in [0.1, 0.15) is 5.71 Å². The lowest BCUT2D eigenvalue weighted by atomic mass is 10.1. The molecule has 2 amide bonds. The molecule has 0 saturated heterocycles. The Morgan fingerprint density at radius 1 is 1.09 bits per heavy atom. The van der Waals surface area contributed by atoms with Gasteiger partial charge in [-0.25, -0.2) is 22.5 Å². The van der Waals surface area contributed by atoms with Crippen LogP contribution >= 0.6 is 0 Å². The van der Waals surface area contributed by atoms with Crippen LogP contribution in [0.1, 0.15) is 19.8 Å². The molecule has 2 aromatic rings. The second kappa shape index (κ2) is 9.92. The molecule has 174 valence electrons. The van der Waals surface area contributed by atoms with Crippen LogP contribution in [0.5, 0.6) is 0 Å². The number of hydrogen-bond donors (Lipinski definition) is 1. The van der Waals surface area contributed by atoms with Gasteiger partial charge >= 0.3 is 5.97 Å². The number of benzene rings is 2. The van der Waals surface area contributed by atoms with Crippen LogP contribution in [0.25, 0.3) is 0 Å². The van der Waals surface area contributed by atoms with Gasteiger partial charge in [0.25, 0.3) is 5.91 Å². The third-order valence-electron chi connectivity index (χ3n) is 4.80. The number of sulfonamides is 1. The number of amides is 2. The molecule has 1 atom stereocenters. The predicted molar refractivity (Wildman–Crippen MR) is 122 cm³/mol. The second-order valence-corrected chi connectivity index (χ2v) is 9.59. The summed E-state index contributed by atoms with van der Waals surface area (Å²) in [5.74, 6) is -1.71. The Labute approximate surface area is 191 Å². The summed E-state index contributed by atoms with van der Waals surface area (Å²) in [6.45, 7) is 1.39. The minimum absolute atomic E-state index is 0.0113. The van der Waals surface area contributed by atoms with Crippen molar-refractivity contribution in [3.05, 3.63) is 54.6 Å². The zero-order valence-electron chi connectivity index (χ0n) is 18.4. The monoisotopic (exact) mass is 472 g/mol. The van der Waals surface area contributed by atoms with E-state index < -0.39 is 28.0 Å². The molecule has 0 radical (unpaired) electrons. The summed E-state index contributed by atoms with van der Waals surface area (Å²) in [4.78, 5) is 37.3. The summed E-state index contributed by atoms with van der Waals surface area (Å²) in [5, 5.41) is 7.79. The fraction of sp³-hybridized carbons (Fsp3) is 0.273. The smallest absolute Gasteiger partial charge is 0.355 e. The van der Waals surface area contributed by atoms with Gasteiger partial charge in [0, 0.05) is 32.6 Å². The van der Waals surface area contributed by atoms with Crippen LogP contribution < -0.4 is 10.3 Å². The highest BCUT2D eigenvalue weighted by Gasteiger charge is 2.29. The number of anilines is 2. The Kier molecular flexibility index (Phi) is 7.24. The van der Waals surface area contributed by atoms with Crippen LogP contribution in [0.2, 0.25) is 0 Å². The molecular formula is C22H24N4O6S. The lowest BCUT2D eigenvalue weighted by Crippen LogP contribution is -2.37. The molecule has 33 heavy (non-hydrogen) atoms. The number of para-hydroxylation sites is 1. The molecule has 0 spiro atoms. The maximum Gasteiger partial charge on any atom is 0.355 e.